The molecule has 1 aromatic heterocycles. The molecule has 0 bridgehead atoms. The van der Waals surface area contributed by atoms with Crippen LogP contribution in [-0.4, -0.2) is 16.2 Å². The molecule has 0 saturated heterocycles. The van der Waals surface area contributed by atoms with Crippen molar-refractivity contribution in [2.45, 2.75) is 11.4 Å². The Labute approximate surface area is 109 Å². The third kappa shape index (κ3) is 2.60. The number of hydrogen-bond acceptors (Lipinski definition) is 4. The molecule has 5 heteroatoms. The van der Waals surface area contributed by atoms with Crippen molar-refractivity contribution >= 4 is 11.8 Å². The third-order valence-corrected chi connectivity index (χ3v) is 3.19. The SMILES string of the molecule is CSc1nc(=O)[nH]c(Cc2ccccc2)c1C#N. The second kappa shape index (κ2) is 5.52. The molecular formula is C13H11N3OS. The Hall–Kier alpha value is -2.06. The maximum absolute atomic E-state index is 11.4. The second-order valence-corrected chi connectivity index (χ2v) is 4.47. The summed E-state index contributed by atoms with van der Waals surface area (Å²) < 4.78 is 0. The zero-order chi connectivity index (χ0) is 13.0. The highest BCUT2D eigenvalue weighted by atomic mass is 32.2. The largest absolute Gasteiger partial charge is 0.346 e. The maximum Gasteiger partial charge on any atom is 0.346 e. The molecule has 1 aromatic carbocycles. The van der Waals surface area contributed by atoms with Gasteiger partial charge in [-0.15, -0.1) is 11.8 Å². The number of H-pyrrole nitrogens is 1. The van der Waals surface area contributed by atoms with Gasteiger partial charge in [0.1, 0.15) is 16.7 Å². The van der Waals surface area contributed by atoms with Gasteiger partial charge in [0, 0.05) is 12.1 Å². The highest BCUT2D eigenvalue weighted by molar-refractivity contribution is 7.98. The van der Waals surface area contributed by atoms with E-state index in [0.717, 1.165) is 5.56 Å². The minimum Gasteiger partial charge on any atom is -0.308 e. The van der Waals surface area contributed by atoms with E-state index < -0.39 is 5.69 Å². The molecule has 0 saturated carbocycles. The molecular weight excluding hydrogens is 246 g/mol. The summed E-state index contributed by atoms with van der Waals surface area (Å²) in [7, 11) is 0. The van der Waals surface area contributed by atoms with Gasteiger partial charge in [0.05, 0.1) is 0 Å². The lowest BCUT2D eigenvalue weighted by atomic mass is 10.1. The van der Waals surface area contributed by atoms with Crippen molar-refractivity contribution in [1.29, 1.82) is 5.26 Å². The van der Waals surface area contributed by atoms with E-state index in [1.807, 2.05) is 30.3 Å². The van der Waals surface area contributed by atoms with Crippen molar-refractivity contribution in [3.05, 3.63) is 57.6 Å². The van der Waals surface area contributed by atoms with Gasteiger partial charge in [0.25, 0.3) is 0 Å². The molecule has 0 unspecified atom stereocenters. The van der Waals surface area contributed by atoms with Crippen LogP contribution in [0.4, 0.5) is 0 Å². The van der Waals surface area contributed by atoms with E-state index in [0.29, 0.717) is 22.7 Å². The summed E-state index contributed by atoms with van der Waals surface area (Å²) in [6, 6.07) is 11.8. The van der Waals surface area contributed by atoms with Crippen molar-refractivity contribution < 1.29 is 0 Å². The predicted molar refractivity (Wildman–Crippen MR) is 70.6 cm³/mol. The van der Waals surface area contributed by atoms with Crippen LogP contribution in [0.1, 0.15) is 16.8 Å². The summed E-state index contributed by atoms with van der Waals surface area (Å²) >= 11 is 1.31. The van der Waals surface area contributed by atoms with Crippen LogP contribution < -0.4 is 5.69 Å². The van der Waals surface area contributed by atoms with E-state index in [1.54, 1.807) is 6.26 Å². The van der Waals surface area contributed by atoms with Crippen LogP contribution in [0.3, 0.4) is 0 Å². The van der Waals surface area contributed by atoms with Crippen molar-refractivity contribution in [1.82, 2.24) is 9.97 Å². The van der Waals surface area contributed by atoms with Crippen LogP contribution in [-0.2, 0) is 6.42 Å². The second-order valence-electron chi connectivity index (χ2n) is 3.68. The lowest BCUT2D eigenvalue weighted by Gasteiger charge is -2.06. The molecule has 0 fully saturated rings. The van der Waals surface area contributed by atoms with Gasteiger partial charge in [0.2, 0.25) is 0 Å². The van der Waals surface area contributed by atoms with Gasteiger partial charge in [-0.1, -0.05) is 30.3 Å². The van der Waals surface area contributed by atoms with E-state index in [1.165, 1.54) is 11.8 Å². The van der Waals surface area contributed by atoms with Crippen molar-refractivity contribution in [3.8, 4) is 6.07 Å². The molecule has 2 aromatic rings. The topological polar surface area (TPSA) is 69.5 Å². The van der Waals surface area contributed by atoms with Gasteiger partial charge in [-0.2, -0.15) is 10.2 Å². The lowest BCUT2D eigenvalue weighted by Crippen LogP contribution is -2.16. The van der Waals surface area contributed by atoms with E-state index >= 15 is 0 Å². The number of benzene rings is 1. The quantitative estimate of drug-likeness (QED) is 0.674. The Morgan fingerprint density at radius 2 is 2.11 bits per heavy atom. The number of nitrogens with zero attached hydrogens (tertiary/aromatic N) is 2. The Bertz CT molecular complexity index is 644. The lowest BCUT2D eigenvalue weighted by molar-refractivity contribution is 0.902. The van der Waals surface area contributed by atoms with E-state index in [2.05, 4.69) is 16.0 Å². The molecule has 0 amide bonds. The molecule has 0 spiro atoms. The first-order valence-electron chi connectivity index (χ1n) is 5.36. The molecule has 2 rings (SSSR count). The predicted octanol–water partition coefficient (Wildman–Crippen LogP) is 1.95. The Morgan fingerprint density at radius 3 is 2.72 bits per heavy atom. The van der Waals surface area contributed by atoms with Gasteiger partial charge in [-0.25, -0.2) is 4.79 Å². The fourth-order valence-corrected chi connectivity index (χ4v) is 2.24. The normalized spacial score (nSPS) is 10.0. The van der Waals surface area contributed by atoms with Crippen LogP contribution in [0.25, 0.3) is 0 Å². The first-order valence-corrected chi connectivity index (χ1v) is 6.58. The van der Waals surface area contributed by atoms with Gasteiger partial charge >= 0.3 is 5.69 Å². The fraction of sp³-hybridized carbons (Fsp3) is 0.154. The minimum absolute atomic E-state index is 0.413. The zero-order valence-corrected chi connectivity index (χ0v) is 10.6. The third-order valence-electron chi connectivity index (χ3n) is 2.51. The van der Waals surface area contributed by atoms with Crippen LogP contribution in [0, 0.1) is 11.3 Å². The van der Waals surface area contributed by atoms with Gasteiger partial charge in [0.15, 0.2) is 0 Å². The smallest absolute Gasteiger partial charge is 0.308 e. The monoisotopic (exact) mass is 257 g/mol. The van der Waals surface area contributed by atoms with Crippen LogP contribution in [0.2, 0.25) is 0 Å². The van der Waals surface area contributed by atoms with Crippen LogP contribution in [0.5, 0.6) is 0 Å². The number of nitrogens with one attached hydrogen (secondary N) is 1. The van der Waals surface area contributed by atoms with Gasteiger partial charge in [-0.05, 0) is 11.8 Å². The standard InChI is InChI=1S/C13H11N3OS/c1-18-12-10(8-14)11(15-13(17)16-12)7-9-5-3-2-4-6-9/h2-6H,7H2,1H3,(H,15,16,17). The summed E-state index contributed by atoms with van der Waals surface area (Å²) in [4.78, 5) is 17.9. The zero-order valence-electron chi connectivity index (χ0n) is 9.80. The number of hydrogen-bond donors (Lipinski definition) is 1. The molecule has 1 heterocycles. The summed E-state index contributed by atoms with van der Waals surface area (Å²) in [6.07, 6.45) is 2.32. The fourth-order valence-electron chi connectivity index (χ4n) is 1.69. The molecule has 90 valence electrons. The van der Waals surface area contributed by atoms with Crippen LogP contribution in [0.15, 0.2) is 40.2 Å². The van der Waals surface area contributed by atoms with Crippen molar-refractivity contribution in [2.24, 2.45) is 0 Å². The van der Waals surface area contributed by atoms with Gasteiger partial charge < -0.3 is 4.98 Å². The minimum atomic E-state index is -0.413. The Morgan fingerprint density at radius 1 is 1.39 bits per heavy atom. The summed E-state index contributed by atoms with van der Waals surface area (Å²) in [5.74, 6) is 0. The molecule has 0 atom stereocenters. The van der Waals surface area contributed by atoms with E-state index in [4.69, 9.17) is 0 Å². The van der Waals surface area contributed by atoms with E-state index in [-0.39, 0.29) is 0 Å². The highest BCUT2D eigenvalue weighted by Gasteiger charge is 2.11. The van der Waals surface area contributed by atoms with Crippen molar-refractivity contribution in [3.63, 3.8) is 0 Å². The highest BCUT2D eigenvalue weighted by Crippen LogP contribution is 2.19. The molecule has 1 N–H and O–H groups in total. The average molecular weight is 257 g/mol. The number of thioether (sulfide) groups is 1. The van der Waals surface area contributed by atoms with Crippen molar-refractivity contribution in [2.75, 3.05) is 6.26 Å². The summed E-state index contributed by atoms with van der Waals surface area (Å²) in [5.41, 5.74) is 1.70. The number of aromatic amines is 1. The summed E-state index contributed by atoms with van der Waals surface area (Å²) in [5, 5.41) is 9.65. The maximum atomic E-state index is 11.4. The Kier molecular flexibility index (Phi) is 3.80. The first-order chi connectivity index (χ1) is 8.74. The Balaban J connectivity index is 2.48. The summed E-state index contributed by atoms with van der Waals surface area (Å²) in [6.45, 7) is 0. The molecule has 4 nitrogen and oxygen atoms in total. The molecule has 0 radical (unpaired) electrons. The molecule has 0 aliphatic carbocycles. The number of nitriles is 1. The number of aromatic nitrogens is 2. The molecule has 0 aliphatic rings. The van der Waals surface area contributed by atoms with Crippen LogP contribution >= 0.6 is 11.8 Å². The first kappa shape index (κ1) is 12.4. The average Bonchev–Trinajstić information content (AvgIpc) is 2.39. The van der Waals surface area contributed by atoms with E-state index in [9.17, 15) is 10.1 Å². The molecule has 18 heavy (non-hydrogen) atoms. The number of rotatable bonds is 3. The molecule has 0 aliphatic heterocycles. The van der Waals surface area contributed by atoms with Gasteiger partial charge in [-0.3, -0.25) is 0 Å².